The molecule has 9 nitrogen and oxygen atoms in total. The van der Waals surface area contributed by atoms with Crippen molar-refractivity contribution in [1.29, 1.82) is 0 Å². The number of ether oxygens (including phenoxy) is 1. The topological polar surface area (TPSA) is 119 Å². The molecule has 0 radical (unpaired) electrons. The van der Waals surface area contributed by atoms with E-state index >= 15 is 0 Å². The molecule has 2 aromatic heterocycles. The van der Waals surface area contributed by atoms with E-state index in [9.17, 15) is 4.79 Å². The summed E-state index contributed by atoms with van der Waals surface area (Å²) in [5, 5.41) is 19.8. The summed E-state index contributed by atoms with van der Waals surface area (Å²) in [6, 6.07) is 9.41. The molecule has 0 spiro atoms. The highest BCUT2D eigenvalue weighted by Gasteiger charge is 2.51. The van der Waals surface area contributed by atoms with E-state index in [0.29, 0.717) is 29.7 Å². The van der Waals surface area contributed by atoms with Crippen LogP contribution in [0.2, 0.25) is 0 Å². The van der Waals surface area contributed by atoms with Crippen LogP contribution in [-0.2, 0) is 4.74 Å². The molecule has 2 aliphatic heterocycles. The number of carbonyl (C=O) groups is 1. The lowest BCUT2D eigenvalue weighted by Gasteiger charge is -2.33. The fourth-order valence-corrected chi connectivity index (χ4v) is 4.54. The third kappa shape index (κ3) is 3.54. The molecule has 164 valence electrons. The van der Waals surface area contributed by atoms with Gasteiger partial charge in [-0.2, -0.15) is 15.3 Å². The van der Waals surface area contributed by atoms with Gasteiger partial charge in [-0.15, -0.1) is 5.11 Å². The Bertz CT molecular complexity index is 1250. The molecule has 0 unspecified atom stereocenters. The van der Waals surface area contributed by atoms with Crippen molar-refractivity contribution in [3.63, 3.8) is 0 Å². The number of amides is 1. The number of nitrogens with one attached hydrogen (secondary N) is 1. The number of nitrogens with two attached hydrogens (primary N) is 1. The van der Waals surface area contributed by atoms with Gasteiger partial charge in [-0.3, -0.25) is 4.79 Å². The molecule has 6 rings (SSSR count). The number of aryl methyl sites for hydroxylation is 2. The van der Waals surface area contributed by atoms with Crippen LogP contribution in [0.4, 0.5) is 5.69 Å². The Labute approximate surface area is 185 Å². The monoisotopic (exact) mass is 431 g/mol. The Morgan fingerprint density at radius 2 is 2.12 bits per heavy atom. The van der Waals surface area contributed by atoms with Crippen LogP contribution in [0, 0.1) is 19.3 Å². The number of pyridine rings is 1. The van der Waals surface area contributed by atoms with Crippen LogP contribution < -0.4 is 11.2 Å². The highest BCUT2D eigenvalue weighted by atomic mass is 16.5. The SMILES string of the molecule is Cc1cc(C)c(/C(N=NCC23COC(C2)C3)=N/N)cc1NC(=O)c1cnn2ccccc12. The van der Waals surface area contributed by atoms with Gasteiger partial charge in [0.25, 0.3) is 5.91 Å². The van der Waals surface area contributed by atoms with E-state index in [1.165, 1.54) is 0 Å². The van der Waals surface area contributed by atoms with Crippen LogP contribution in [0.15, 0.2) is 58.1 Å². The standard InChI is InChI=1S/C23H25N7O2/c1-14-7-15(2)19(27-22(31)18-11-26-30-6-4-3-5-20(18)30)8-17(14)21(28-24)29-25-12-23-9-16(10-23)32-13-23/h3-8,11,16H,9-10,12-13,24H2,1-2H3,(H,27,31)/b28-21-,29-25?. The molecule has 2 saturated heterocycles. The lowest BCUT2D eigenvalue weighted by Crippen LogP contribution is -2.35. The maximum Gasteiger partial charge on any atom is 0.259 e. The third-order valence-corrected chi connectivity index (χ3v) is 6.37. The summed E-state index contributed by atoms with van der Waals surface area (Å²) in [5.74, 6) is 5.75. The molecule has 1 aliphatic carbocycles. The van der Waals surface area contributed by atoms with Crippen molar-refractivity contribution < 1.29 is 9.53 Å². The Hall–Kier alpha value is -3.59. The third-order valence-electron chi connectivity index (χ3n) is 6.37. The van der Waals surface area contributed by atoms with Crippen molar-refractivity contribution in [1.82, 2.24) is 9.61 Å². The molecule has 1 aromatic carbocycles. The Kier molecular flexibility index (Phi) is 4.97. The van der Waals surface area contributed by atoms with E-state index in [0.717, 1.165) is 41.7 Å². The fraction of sp³-hybridized carbons (Fsp3) is 0.348. The predicted molar refractivity (Wildman–Crippen MR) is 121 cm³/mol. The number of anilines is 1. The highest BCUT2D eigenvalue weighted by molar-refractivity contribution is 6.10. The van der Waals surface area contributed by atoms with Crippen molar-refractivity contribution >= 4 is 22.9 Å². The number of azo groups is 1. The molecule has 1 amide bonds. The Balaban J connectivity index is 1.37. The van der Waals surface area contributed by atoms with Gasteiger partial charge in [0.15, 0.2) is 5.84 Å². The molecular formula is C23H25N7O2. The molecule has 4 heterocycles. The first-order chi connectivity index (χ1) is 15.5. The van der Waals surface area contributed by atoms with Crippen molar-refractivity contribution in [3.8, 4) is 0 Å². The highest BCUT2D eigenvalue weighted by Crippen LogP contribution is 2.50. The number of aromatic nitrogens is 2. The number of amidine groups is 1. The first-order valence-corrected chi connectivity index (χ1v) is 10.6. The van der Waals surface area contributed by atoms with E-state index in [2.05, 4.69) is 25.7 Å². The van der Waals surface area contributed by atoms with Crippen LogP contribution in [0.25, 0.3) is 5.52 Å². The van der Waals surface area contributed by atoms with Crippen molar-refractivity contribution in [2.75, 3.05) is 18.5 Å². The van der Waals surface area contributed by atoms with Crippen molar-refractivity contribution in [2.45, 2.75) is 32.8 Å². The van der Waals surface area contributed by atoms with Crippen LogP contribution >= 0.6 is 0 Å². The summed E-state index contributed by atoms with van der Waals surface area (Å²) in [6.07, 6.45) is 5.85. The van der Waals surface area contributed by atoms with Gasteiger partial charge in [0.1, 0.15) is 0 Å². The second-order valence-corrected chi connectivity index (χ2v) is 8.72. The van der Waals surface area contributed by atoms with E-state index in [1.807, 2.05) is 44.2 Å². The minimum absolute atomic E-state index is 0.129. The molecule has 9 heteroatoms. The predicted octanol–water partition coefficient (Wildman–Crippen LogP) is 3.45. The molecule has 1 saturated carbocycles. The van der Waals surface area contributed by atoms with Gasteiger partial charge in [0.05, 0.1) is 36.5 Å². The van der Waals surface area contributed by atoms with Gasteiger partial charge >= 0.3 is 0 Å². The van der Waals surface area contributed by atoms with Gasteiger partial charge in [-0.1, -0.05) is 12.1 Å². The molecule has 3 aliphatic rings. The molecular weight excluding hydrogens is 406 g/mol. The lowest BCUT2D eigenvalue weighted by molar-refractivity contribution is 0.102. The number of fused-ring (bicyclic) bond motifs is 2. The van der Waals surface area contributed by atoms with E-state index in [1.54, 1.807) is 16.9 Å². The average Bonchev–Trinajstić information content (AvgIpc) is 3.47. The largest absolute Gasteiger partial charge is 0.378 e. The number of hydrazone groups is 1. The quantitative estimate of drug-likeness (QED) is 0.211. The first kappa shape index (κ1) is 20.3. The van der Waals surface area contributed by atoms with Crippen LogP contribution in [0.1, 0.15) is 39.9 Å². The van der Waals surface area contributed by atoms with Crippen molar-refractivity contribution in [3.05, 3.63) is 65.0 Å². The van der Waals surface area contributed by atoms with Crippen LogP contribution in [0.5, 0.6) is 0 Å². The molecule has 3 N–H and O–H groups in total. The van der Waals surface area contributed by atoms with Gasteiger partial charge in [0.2, 0.25) is 0 Å². The number of hydrogen-bond donors (Lipinski definition) is 2. The summed E-state index contributed by atoms with van der Waals surface area (Å²) in [7, 11) is 0. The Morgan fingerprint density at radius 1 is 1.28 bits per heavy atom. The lowest BCUT2D eigenvalue weighted by atomic mass is 9.70. The normalized spacial score (nSPS) is 22.4. The molecule has 3 aromatic rings. The molecule has 2 bridgehead atoms. The maximum atomic E-state index is 13.0. The summed E-state index contributed by atoms with van der Waals surface area (Å²) >= 11 is 0. The summed E-state index contributed by atoms with van der Waals surface area (Å²) in [6.45, 7) is 5.25. The van der Waals surface area contributed by atoms with E-state index in [4.69, 9.17) is 10.6 Å². The van der Waals surface area contributed by atoms with Crippen LogP contribution in [0.3, 0.4) is 0 Å². The van der Waals surface area contributed by atoms with Crippen LogP contribution in [-0.4, -0.2) is 40.6 Å². The van der Waals surface area contributed by atoms with Crippen molar-refractivity contribution in [2.24, 2.45) is 26.6 Å². The summed E-state index contributed by atoms with van der Waals surface area (Å²) in [5.41, 5.74) is 4.62. The second-order valence-electron chi connectivity index (χ2n) is 8.72. The second kappa shape index (κ2) is 7.83. The maximum absolute atomic E-state index is 13.0. The van der Waals surface area contributed by atoms with E-state index < -0.39 is 0 Å². The van der Waals surface area contributed by atoms with E-state index in [-0.39, 0.29) is 11.3 Å². The number of benzene rings is 1. The smallest absolute Gasteiger partial charge is 0.259 e. The summed E-state index contributed by atoms with van der Waals surface area (Å²) in [4.78, 5) is 13.0. The zero-order valence-electron chi connectivity index (χ0n) is 18.1. The fourth-order valence-electron chi connectivity index (χ4n) is 4.54. The zero-order chi connectivity index (χ0) is 22.3. The zero-order valence-corrected chi connectivity index (χ0v) is 18.1. The summed E-state index contributed by atoms with van der Waals surface area (Å²) < 4.78 is 7.31. The molecule has 3 fully saturated rings. The number of nitrogens with zero attached hydrogens (tertiary/aromatic N) is 5. The number of hydrogen-bond acceptors (Lipinski definition) is 6. The minimum Gasteiger partial charge on any atom is -0.378 e. The first-order valence-electron chi connectivity index (χ1n) is 10.6. The van der Waals surface area contributed by atoms with Gasteiger partial charge in [0, 0.05) is 22.9 Å². The van der Waals surface area contributed by atoms with Gasteiger partial charge < -0.3 is 15.9 Å². The van der Waals surface area contributed by atoms with Gasteiger partial charge in [-0.05, 0) is 56.0 Å². The molecule has 32 heavy (non-hydrogen) atoms. The minimum atomic E-state index is -0.239. The average molecular weight is 432 g/mol. The molecule has 0 atom stereocenters. The van der Waals surface area contributed by atoms with Gasteiger partial charge in [-0.25, -0.2) is 4.52 Å². The Morgan fingerprint density at radius 3 is 2.88 bits per heavy atom. The number of rotatable bonds is 5. The number of carbonyl (C=O) groups excluding carboxylic acids is 1.